The zero-order valence-corrected chi connectivity index (χ0v) is 4.99. The molecule has 0 aromatic rings. The Labute approximate surface area is 52.6 Å². The van der Waals surface area contributed by atoms with Crippen LogP contribution >= 0.6 is 0 Å². The summed E-state index contributed by atoms with van der Waals surface area (Å²) in [5.74, 6) is 0.218. The second-order valence-electron chi connectivity index (χ2n) is 2.42. The van der Waals surface area contributed by atoms with Crippen LogP contribution in [0.3, 0.4) is 0 Å². The molecule has 52 valence electrons. The monoisotopic (exact) mass is 131 g/mol. The van der Waals surface area contributed by atoms with E-state index in [-0.39, 0.29) is 12.5 Å². The molecule has 1 saturated carbocycles. The van der Waals surface area contributed by atoms with Crippen molar-refractivity contribution in [2.24, 2.45) is 5.92 Å². The Bertz CT molecular complexity index is 121. The number of nitro groups is 1. The fraction of sp³-hybridized carbons (Fsp3) is 1.00. The van der Waals surface area contributed by atoms with E-state index < -0.39 is 11.0 Å². The van der Waals surface area contributed by atoms with E-state index in [1.165, 1.54) is 0 Å². The maximum Gasteiger partial charge on any atom is 0.229 e. The van der Waals surface area contributed by atoms with Gasteiger partial charge in [-0.3, -0.25) is 10.1 Å². The highest BCUT2D eigenvalue weighted by Crippen LogP contribution is 2.32. The third-order valence-corrected chi connectivity index (χ3v) is 1.50. The second-order valence-corrected chi connectivity index (χ2v) is 2.42. The van der Waals surface area contributed by atoms with Gasteiger partial charge in [0, 0.05) is 4.92 Å². The average Bonchev–Trinajstić information content (AvgIpc) is 2.40. The molecule has 9 heavy (non-hydrogen) atoms. The molecule has 1 aliphatic carbocycles. The first-order valence-electron chi connectivity index (χ1n) is 3.00. The Balaban J connectivity index is 2.17. The van der Waals surface area contributed by atoms with Crippen molar-refractivity contribution in [2.75, 3.05) is 6.54 Å². The Morgan fingerprint density at radius 3 is 2.67 bits per heavy atom. The minimum absolute atomic E-state index is 0.218. The summed E-state index contributed by atoms with van der Waals surface area (Å²) >= 11 is 0. The minimum Gasteiger partial charge on any atom is -0.386 e. The number of aliphatic hydroxyl groups excluding tert-OH is 1. The highest BCUT2D eigenvalue weighted by molar-refractivity contribution is 4.79. The molecule has 0 radical (unpaired) electrons. The van der Waals surface area contributed by atoms with Crippen molar-refractivity contribution in [1.82, 2.24) is 0 Å². The van der Waals surface area contributed by atoms with E-state index in [0.29, 0.717) is 0 Å². The van der Waals surface area contributed by atoms with Crippen LogP contribution in [0.4, 0.5) is 0 Å². The van der Waals surface area contributed by atoms with Gasteiger partial charge >= 0.3 is 0 Å². The molecule has 0 aliphatic heterocycles. The van der Waals surface area contributed by atoms with Crippen molar-refractivity contribution in [2.45, 2.75) is 18.9 Å². The summed E-state index contributed by atoms with van der Waals surface area (Å²) in [6, 6.07) is 0. The smallest absolute Gasteiger partial charge is 0.229 e. The van der Waals surface area contributed by atoms with Gasteiger partial charge in [-0.15, -0.1) is 0 Å². The first kappa shape index (κ1) is 6.48. The Morgan fingerprint density at radius 1 is 1.78 bits per heavy atom. The number of nitrogens with zero attached hydrogens (tertiary/aromatic N) is 1. The van der Waals surface area contributed by atoms with Crippen LogP contribution in [-0.4, -0.2) is 22.7 Å². The molecule has 0 aromatic heterocycles. The zero-order chi connectivity index (χ0) is 6.85. The molecule has 0 unspecified atom stereocenters. The van der Waals surface area contributed by atoms with E-state index in [1.807, 2.05) is 0 Å². The van der Waals surface area contributed by atoms with Gasteiger partial charge in [-0.25, -0.2) is 0 Å². The number of hydrogen-bond donors (Lipinski definition) is 1. The van der Waals surface area contributed by atoms with Crippen LogP contribution in [0, 0.1) is 16.0 Å². The lowest BCUT2D eigenvalue weighted by molar-refractivity contribution is -0.491. The molecule has 0 heterocycles. The Hall–Kier alpha value is -0.640. The van der Waals surface area contributed by atoms with E-state index in [9.17, 15) is 10.1 Å². The van der Waals surface area contributed by atoms with Crippen molar-refractivity contribution in [1.29, 1.82) is 0 Å². The van der Waals surface area contributed by atoms with Crippen molar-refractivity contribution in [3.63, 3.8) is 0 Å². The Morgan fingerprint density at radius 2 is 2.33 bits per heavy atom. The first-order chi connectivity index (χ1) is 4.20. The number of aliphatic hydroxyl groups is 1. The summed E-state index contributed by atoms with van der Waals surface area (Å²) in [5.41, 5.74) is 0. The van der Waals surface area contributed by atoms with E-state index in [4.69, 9.17) is 5.11 Å². The summed E-state index contributed by atoms with van der Waals surface area (Å²) < 4.78 is 0. The SMILES string of the molecule is O=[N+]([O-])C[C@@H](O)C1CC1. The molecule has 1 aliphatic rings. The van der Waals surface area contributed by atoms with E-state index in [0.717, 1.165) is 12.8 Å². The maximum atomic E-state index is 9.79. The van der Waals surface area contributed by atoms with Crippen LogP contribution in [0.25, 0.3) is 0 Å². The van der Waals surface area contributed by atoms with Gasteiger partial charge < -0.3 is 5.11 Å². The summed E-state index contributed by atoms with van der Waals surface area (Å²) in [5, 5.41) is 18.7. The number of hydrogen-bond acceptors (Lipinski definition) is 3. The largest absolute Gasteiger partial charge is 0.386 e. The summed E-state index contributed by atoms with van der Waals surface area (Å²) in [6.45, 7) is -0.287. The molecule has 1 N–H and O–H groups in total. The van der Waals surface area contributed by atoms with Crippen molar-refractivity contribution in [3.8, 4) is 0 Å². The molecule has 1 atom stereocenters. The lowest BCUT2D eigenvalue weighted by Crippen LogP contribution is -2.20. The summed E-state index contributed by atoms with van der Waals surface area (Å²) in [4.78, 5) is 9.32. The molecule has 0 amide bonds. The van der Waals surface area contributed by atoms with Gasteiger partial charge in [0.05, 0.1) is 0 Å². The van der Waals surface area contributed by atoms with E-state index in [2.05, 4.69) is 0 Å². The van der Waals surface area contributed by atoms with Crippen LogP contribution in [0.5, 0.6) is 0 Å². The molecule has 4 nitrogen and oxygen atoms in total. The fourth-order valence-electron chi connectivity index (χ4n) is 0.783. The number of rotatable bonds is 3. The third kappa shape index (κ3) is 1.97. The molecule has 0 bridgehead atoms. The molecule has 0 aromatic carbocycles. The molecule has 0 saturated heterocycles. The maximum absolute atomic E-state index is 9.79. The van der Waals surface area contributed by atoms with Gasteiger partial charge in [0.2, 0.25) is 6.54 Å². The van der Waals surface area contributed by atoms with Gasteiger partial charge in [-0.05, 0) is 18.8 Å². The van der Waals surface area contributed by atoms with Gasteiger partial charge in [0.25, 0.3) is 0 Å². The van der Waals surface area contributed by atoms with Gasteiger partial charge in [-0.1, -0.05) is 0 Å². The van der Waals surface area contributed by atoms with Crippen LogP contribution in [0.2, 0.25) is 0 Å². The zero-order valence-electron chi connectivity index (χ0n) is 4.99. The van der Waals surface area contributed by atoms with Crippen molar-refractivity contribution >= 4 is 0 Å². The molecule has 1 fully saturated rings. The normalized spacial score (nSPS) is 21.4. The van der Waals surface area contributed by atoms with Crippen LogP contribution in [-0.2, 0) is 0 Å². The van der Waals surface area contributed by atoms with E-state index in [1.54, 1.807) is 0 Å². The van der Waals surface area contributed by atoms with Crippen LogP contribution < -0.4 is 0 Å². The standard InChI is InChI=1S/C5H9NO3/c7-5(3-6(8)9)4-1-2-4/h4-5,7H,1-3H2/t5-/m1/s1. The molecule has 1 rings (SSSR count). The van der Waals surface area contributed by atoms with Crippen LogP contribution in [0.1, 0.15) is 12.8 Å². The molecular weight excluding hydrogens is 122 g/mol. The average molecular weight is 131 g/mol. The topological polar surface area (TPSA) is 63.4 Å². The van der Waals surface area contributed by atoms with Crippen LogP contribution in [0.15, 0.2) is 0 Å². The minimum atomic E-state index is -0.694. The third-order valence-electron chi connectivity index (χ3n) is 1.50. The van der Waals surface area contributed by atoms with Crippen molar-refractivity contribution in [3.05, 3.63) is 10.1 Å². The highest BCUT2D eigenvalue weighted by atomic mass is 16.6. The van der Waals surface area contributed by atoms with Gasteiger partial charge in [0.1, 0.15) is 6.10 Å². The van der Waals surface area contributed by atoms with Crippen molar-refractivity contribution < 1.29 is 10.0 Å². The van der Waals surface area contributed by atoms with E-state index >= 15 is 0 Å². The second kappa shape index (κ2) is 2.31. The predicted octanol–water partition coefficient (Wildman–Crippen LogP) is 0.0340. The van der Waals surface area contributed by atoms with Gasteiger partial charge in [0.15, 0.2) is 0 Å². The predicted molar refractivity (Wildman–Crippen MR) is 30.6 cm³/mol. The highest BCUT2D eigenvalue weighted by Gasteiger charge is 2.32. The molecular formula is C5H9NO3. The summed E-state index contributed by atoms with van der Waals surface area (Å²) in [6.07, 6.45) is 1.21. The molecule has 4 heteroatoms. The summed E-state index contributed by atoms with van der Waals surface area (Å²) in [7, 11) is 0. The lowest BCUT2D eigenvalue weighted by Gasteiger charge is -2.00. The quantitative estimate of drug-likeness (QED) is 0.434. The Kier molecular flexibility index (Phi) is 1.66. The lowest BCUT2D eigenvalue weighted by atomic mass is 10.2. The fourth-order valence-corrected chi connectivity index (χ4v) is 0.783. The first-order valence-corrected chi connectivity index (χ1v) is 3.00. The molecule has 0 spiro atoms. The van der Waals surface area contributed by atoms with Gasteiger partial charge in [-0.2, -0.15) is 0 Å².